The third-order valence-corrected chi connectivity index (χ3v) is 5.57. The van der Waals surface area contributed by atoms with Crippen LogP contribution in [0, 0.1) is 0 Å². The van der Waals surface area contributed by atoms with E-state index in [9.17, 15) is 30.3 Å². The van der Waals surface area contributed by atoms with E-state index >= 15 is 0 Å². The quantitative estimate of drug-likeness (QED) is 0.394. The average Bonchev–Trinajstić information content (AvgIpc) is 2.76. The molecule has 1 aliphatic rings. The molecule has 0 radical (unpaired) electrons. The van der Waals surface area contributed by atoms with Crippen molar-refractivity contribution in [3.63, 3.8) is 0 Å². The maximum Gasteiger partial charge on any atom is 0.251 e. The Hall–Kier alpha value is -2.04. The minimum absolute atomic E-state index is 0.183. The summed E-state index contributed by atoms with van der Waals surface area (Å²) in [6.07, 6.45) is -8.55. The van der Waals surface area contributed by atoms with Crippen molar-refractivity contribution in [2.75, 3.05) is 13.7 Å². The highest BCUT2D eigenvalue weighted by molar-refractivity contribution is 6.31. The molecule has 3 unspecified atom stereocenters. The maximum absolute atomic E-state index is 11.9. The highest BCUT2D eigenvalue weighted by Gasteiger charge is 2.46. The number of hydrogen-bond donors (Lipinski definition) is 6. The van der Waals surface area contributed by atoms with Gasteiger partial charge in [-0.15, -0.1) is 0 Å². The SMILES string of the molecule is CNC(=O)c1cccc(-c2ccc([C@@H](O)[C@H]3OC(CO)[C@@H](O)C(O)C3O)c(Cl)c2)c1. The Morgan fingerprint density at radius 2 is 1.80 bits per heavy atom. The van der Waals surface area contributed by atoms with Crippen LogP contribution in [0.4, 0.5) is 0 Å². The fourth-order valence-corrected chi connectivity index (χ4v) is 3.79. The Morgan fingerprint density at radius 3 is 2.43 bits per heavy atom. The van der Waals surface area contributed by atoms with Crippen molar-refractivity contribution in [3.05, 3.63) is 58.6 Å². The molecule has 0 saturated carbocycles. The molecule has 0 aliphatic carbocycles. The number of amides is 1. The smallest absolute Gasteiger partial charge is 0.251 e. The predicted octanol–water partition coefficient (Wildman–Crippen LogP) is 0.242. The second-order valence-corrected chi connectivity index (χ2v) is 7.54. The molecule has 3 rings (SSSR count). The standard InChI is InChI=1S/C21H24ClNO7/c1-23-21(29)12-4-2-3-10(7-12)11-5-6-13(14(22)8-11)16(25)20-19(28)18(27)17(26)15(9-24)30-20/h2-8,15-20,24-28H,9H2,1H3,(H,23,29)/t15?,16-,17-,18?,19?,20-/m1/s1. The number of aliphatic hydroxyl groups is 5. The lowest BCUT2D eigenvalue weighted by atomic mass is 9.89. The fraction of sp³-hybridized carbons (Fsp3) is 0.381. The summed E-state index contributed by atoms with van der Waals surface area (Å²) in [7, 11) is 1.54. The Kier molecular flexibility index (Phi) is 7.10. The molecule has 9 heteroatoms. The predicted molar refractivity (Wildman–Crippen MR) is 109 cm³/mol. The zero-order valence-electron chi connectivity index (χ0n) is 16.1. The Bertz CT molecular complexity index is 907. The third kappa shape index (κ3) is 4.35. The topological polar surface area (TPSA) is 139 Å². The number of halogens is 1. The van der Waals surface area contributed by atoms with E-state index in [2.05, 4.69) is 5.32 Å². The first kappa shape index (κ1) is 22.6. The highest BCUT2D eigenvalue weighted by atomic mass is 35.5. The molecule has 1 amide bonds. The van der Waals surface area contributed by atoms with Crippen molar-refractivity contribution in [2.24, 2.45) is 0 Å². The van der Waals surface area contributed by atoms with Gasteiger partial charge in [0, 0.05) is 23.2 Å². The number of rotatable bonds is 5. The lowest BCUT2D eigenvalue weighted by Crippen LogP contribution is -2.59. The second-order valence-electron chi connectivity index (χ2n) is 7.13. The summed E-state index contributed by atoms with van der Waals surface area (Å²) >= 11 is 6.37. The summed E-state index contributed by atoms with van der Waals surface area (Å²) in [5.74, 6) is -0.224. The molecule has 6 N–H and O–H groups in total. The van der Waals surface area contributed by atoms with Crippen LogP contribution in [-0.4, -0.2) is 75.6 Å². The van der Waals surface area contributed by atoms with Crippen molar-refractivity contribution in [3.8, 4) is 11.1 Å². The van der Waals surface area contributed by atoms with E-state index in [0.717, 1.165) is 5.56 Å². The highest BCUT2D eigenvalue weighted by Crippen LogP contribution is 2.35. The number of carbonyl (C=O) groups excluding carboxylic acids is 1. The van der Waals surface area contributed by atoms with E-state index in [1.807, 2.05) is 6.07 Å². The Balaban J connectivity index is 1.87. The van der Waals surface area contributed by atoms with Gasteiger partial charge >= 0.3 is 0 Å². The molecule has 1 heterocycles. The molecule has 0 bridgehead atoms. The number of benzene rings is 2. The zero-order valence-corrected chi connectivity index (χ0v) is 16.9. The van der Waals surface area contributed by atoms with Gasteiger partial charge in [0.15, 0.2) is 0 Å². The van der Waals surface area contributed by atoms with Gasteiger partial charge in [0.1, 0.15) is 36.6 Å². The largest absolute Gasteiger partial charge is 0.394 e. The molecule has 162 valence electrons. The molecular formula is C21H24ClNO7. The van der Waals surface area contributed by atoms with Gasteiger partial charge in [0.2, 0.25) is 0 Å². The Labute approximate surface area is 178 Å². The van der Waals surface area contributed by atoms with Crippen molar-refractivity contribution < 1.29 is 35.1 Å². The lowest BCUT2D eigenvalue weighted by molar-refractivity contribution is -0.250. The van der Waals surface area contributed by atoms with Crippen molar-refractivity contribution >= 4 is 17.5 Å². The molecule has 2 aromatic carbocycles. The molecule has 1 saturated heterocycles. The number of carbonyl (C=O) groups is 1. The number of nitrogens with one attached hydrogen (secondary N) is 1. The molecule has 0 aromatic heterocycles. The average molecular weight is 438 g/mol. The minimum Gasteiger partial charge on any atom is -0.394 e. The summed E-state index contributed by atoms with van der Waals surface area (Å²) in [5.41, 5.74) is 2.17. The maximum atomic E-state index is 11.9. The number of hydrogen-bond acceptors (Lipinski definition) is 7. The molecular weight excluding hydrogens is 414 g/mol. The fourth-order valence-electron chi connectivity index (χ4n) is 3.50. The van der Waals surface area contributed by atoms with Crippen LogP contribution in [0.3, 0.4) is 0 Å². The first-order valence-corrected chi connectivity index (χ1v) is 9.76. The summed E-state index contributed by atoms with van der Waals surface area (Å²) in [6, 6.07) is 11.8. The van der Waals surface area contributed by atoms with Crippen molar-refractivity contribution in [2.45, 2.75) is 36.6 Å². The molecule has 6 atom stereocenters. The van der Waals surface area contributed by atoms with Gasteiger partial charge in [-0.2, -0.15) is 0 Å². The molecule has 1 aliphatic heterocycles. The summed E-state index contributed by atoms with van der Waals surface area (Å²) in [6.45, 7) is -0.595. The van der Waals surface area contributed by atoms with Crippen LogP contribution in [0.1, 0.15) is 22.0 Å². The van der Waals surface area contributed by atoms with Gasteiger partial charge in [-0.05, 0) is 29.3 Å². The van der Waals surface area contributed by atoms with E-state index in [1.54, 1.807) is 43.4 Å². The van der Waals surface area contributed by atoms with E-state index in [0.29, 0.717) is 11.1 Å². The van der Waals surface area contributed by atoms with Crippen molar-refractivity contribution in [1.82, 2.24) is 5.32 Å². The van der Waals surface area contributed by atoms with Crippen LogP contribution in [-0.2, 0) is 4.74 Å². The third-order valence-electron chi connectivity index (χ3n) is 5.24. The number of ether oxygens (including phenoxy) is 1. The Morgan fingerprint density at radius 1 is 1.10 bits per heavy atom. The van der Waals surface area contributed by atoms with Crippen LogP contribution >= 0.6 is 11.6 Å². The van der Waals surface area contributed by atoms with Crippen molar-refractivity contribution in [1.29, 1.82) is 0 Å². The van der Waals surface area contributed by atoms with E-state index < -0.39 is 43.2 Å². The second kappa shape index (κ2) is 9.40. The van der Waals surface area contributed by atoms with Crippen LogP contribution in [0.5, 0.6) is 0 Å². The van der Waals surface area contributed by atoms with E-state index in [1.165, 1.54) is 0 Å². The lowest BCUT2D eigenvalue weighted by Gasteiger charge is -2.42. The van der Waals surface area contributed by atoms with Gasteiger partial charge in [0.25, 0.3) is 5.91 Å². The number of aliphatic hydroxyl groups excluding tert-OH is 5. The van der Waals surface area contributed by atoms with Crippen LogP contribution < -0.4 is 5.32 Å². The summed E-state index contributed by atoms with van der Waals surface area (Å²) in [5, 5.41) is 52.9. The monoisotopic (exact) mass is 437 g/mol. The van der Waals surface area contributed by atoms with Crippen LogP contribution in [0.25, 0.3) is 11.1 Å². The molecule has 0 spiro atoms. The molecule has 2 aromatic rings. The van der Waals surface area contributed by atoms with Gasteiger partial charge in [-0.1, -0.05) is 35.9 Å². The summed E-state index contributed by atoms with van der Waals surface area (Å²) < 4.78 is 5.41. The first-order valence-electron chi connectivity index (χ1n) is 9.39. The minimum atomic E-state index is -1.60. The summed E-state index contributed by atoms with van der Waals surface area (Å²) in [4.78, 5) is 11.9. The van der Waals surface area contributed by atoms with Gasteiger partial charge in [0.05, 0.1) is 6.61 Å². The van der Waals surface area contributed by atoms with E-state index in [4.69, 9.17) is 16.3 Å². The normalized spacial score (nSPS) is 27.5. The molecule has 8 nitrogen and oxygen atoms in total. The van der Waals surface area contributed by atoms with E-state index in [-0.39, 0.29) is 16.5 Å². The van der Waals surface area contributed by atoms with Crippen LogP contribution in [0.15, 0.2) is 42.5 Å². The first-order chi connectivity index (χ1) is 14.3. The zero-order chi connectivity index (χ0) is 22.0. The van der Waals surface area contributed by atoms with Gasteiger partial charge in [-0.3, -0.25) is 4.79 Å². The molecule has 1 fully saturated rings. The molecule has 30 heavy (non-hydrogen) atoms. The van der Waals surface area contributed by atoms with Gasteiger partial charge in [-0.25, -0.2) is 0 Å². The van der Waals surface area contributed by atoms with Gasteiger partial charge < -0.3 is 35.6 Å². The van der Waals surface area contributed by atoms with Crippen LogP contribution in [0.2, 0.25) is 5.02 Å².